The fourth-order valence-electron chi connectivity index (χ4n) is 2.91. The first-order chi connectivity index (χ1) is 13.7. The SMILES string of the molecule is CO[Si](CC(C)CSSSSc1nc2ccccc2s1)(OC)c1ccccc1. The lowest BCUT2D eigenvalue weighted by Crippen LogP contribution is -2.53. The molecular formula is C19H23NO2S5Si. The number of thiazole rings is 1. The van der Waals surface area contributed by atoms with Gasteiger partial charge in [-0.05, 0) is 59.7 Å². The molecule has 9 heteroatoms. The summed E-state index contributed by atoms with van der Waals surface area (Å²) in [5.74, 6) is 1.57. The van der Waals surface area contributed by atoms with Gasteiger partial charge in [0.15, 0.2) is 4.34 Å². The van der Waals surface area contributed by atoms with Crippen molar-refractivity contribution in [3.8, 4) is 0 Å². The third-order valence-electron chi connectivity index (χ3n) is 4.30. The van der Waals surface area contributed by atoms with Crippen LogP contribution in [0.3, 0.4) is 0 Å². The van der Waals surface area contributed by atoms with Gasteiger partial charge in [0.05, 0.1) is 10.2 Å². The van der Waals surface area contributed by atoms with Gasteiger partial charge in [-0.1, -0.05) is 60.2 Å². The monoisotopic (exact) mass is 485 g/mol. The van der Waals surface area contributed by atoms with Crippen LogP contribution in [0.4, 0.5) is 0 Å². The lowest BCUT2D eigenvalue weighted by Gasteiger charge is -2.30. The van der Waals surface area contributed by atoms with E-state index in [4.69, 9.17) is 8.85 Å². The quantitative estimate of drug-likeness (QED) is 0.171. The molecule has 1 unspecified atom stereocenters. The van der Waals surface area contributed by atoms with Crippen LogP contribution in [0.1, 0.15) is 6.92 Å². The minimum Gasteiger partial charge on any atom is -0.394 e. The number of fused-ring (bicyclic) bond motifs is 1. The van der Waals surface area contributed by atoms with Crippen molar-refractivity contribution in [3.63, 3.8) is 0 Å². The smallest absolute Gasteiger partial charge is 0.372 e. The Kier molecular flexibility index (Phi) is 9.11. The maximum atomic E-state index is 5.94. The summed E-state index contributed by atoms with van der Waals surface area (Å²) >= 11 is 1.75. The zero-order valence-electron chi connectivity index (χ0n) is 16.0. The van der Waals surface area contributed by atoms with E-state index in [9.17, 15) is 0 Å². The number of hydrogen-bond donors (Lipinski definition) is 0. The number of para-hydroxylation sites is 1. The third-order valence-corrected chi connectivity index (χ3v) is 15.9. The third kappa shape index (κ3) is 5.95. The van der Waals surface area contributed by atoms with Crippen LogP contribution in [-0.4, -0.2) is 33.5 Å². The van der Waals surface area contributed by atoms with Crippen molar-refractivity contribution in [1.29, 1.82) is 0 Å². The lowest BCUT2D eigenvalue weighted by molar-refractivity contribution is 0.252. The van der Waals surface area contributed by atoms with Gasteiger partial charge in [0.1, 0.15) is 0 Å². The second-order valence-corrected chi connectivity index (χ2v) is 16.8. The van der Waals surface area contributed by atoms with E-state index in [0.29, 0.717) is 5.92 Å². The Bertz CT molecular complexity index is 827. The number of nitrogens with zero attached hydrogens (tertiary/aromatic N) is 1. The van der Waals surface area contributed by atoms with Crippen molar-refractivity contribution >= 4 is 76.5 Å². The molecule has 1 heterocycles. The molecule has 0 bridgehead atoms. The van der Waals surface area contributed by atoms with Crippen molar-refractivity contribution in [2.45, 2.75) is 17.3 Å². The van der Waals surface area contributed by atoms with Gasteiger partial charge >= 0.3 is 8.56 Å². The van der Waals surface area contributed by atoms with E-state index in [0.717, 1.165) is 21.7 Å². The molecule has 0 N–H and O–H groups in total. The molecule has 0 radical (unpaired) electrons. The van der Waals surface area contributed by atoms with Gasteiger partial charge < -0.3 is 8.85 Å². The van der Waals surface area contributed by atoms with Crippen LogP contribution >= 0.6 is 52.6 Å². The molecule has 0 spiro atoms. The topological polar surface area (TPSA) is 31.4 Å². The molecule has 3 aromatic rings. The van der Waals surface area contributed by atoms with E-state index < -0.39 is 8.56 Å². The molecule has 28 heavy (non-hydrogen) atoms. The highest BCUT2D eigenvalue weighted by atomic mass is 33.7. The average Bonchev–Trinajstić information content (AvgIpc) is 3.15. The number of hydrogen-bond acceptors (Lipinski definition) is 8. The molecule has 150 valence electrons. The van der Waals surface area contributed by atoms with Crippen LogP contribution in [0.25, 0.3) is 10.2 Å². The maximum absolute atomic E-state index is 5.94. The highest BCUT2D eigenvalue weighted by Gasteiger charge is 2.39. The molecule has 0 aliphatic carbocycles. The highest BCUT2D eigenvalue weighted by molar-refractivity contribution is 9.26. The predicted octanol–water partition coefficient (Wildman–Crippen LogP) is 6.61. The second-order valence-electron chi connectivity index (χ2n) is 6.29. The van der Waals surface area contributed by atoms with Crippen LogP contribution in [-0.2, 0) is 8.85 Å². The molecular weight excluding hydrogens is 463 g/mol. The van der Waals surface area contributed by atoms with Crippen molar-refractivity contribution < 1.29 is 8.85 Å². The predicted molar refractivity (Wildman–Crippen MR) is 133 cm³/mol. The lowest BCUT2D eigenvalue weighted by atomic mass is 10.3. The molecule has 1 aromatic heterocycles. The summed E-state index contributed by atoms with van der Waals surface area (Å²) in [5, 5.41) is 1.20. The van der Waals surface area contributed by atoms with Crippen LogP contribution in [0, 0.1) is 5.92 Å². The zero-order valence-corrected chi connectivity index (χ0v) is 21.1. The highest BCUT2D eigenvalue weighted by Crippen LogP contribution is 2.48. The van der Waals surface area contributed by atoms with Gasteiger partial charge in [0, 0.05) is 20.0 Å². The van der Waals surface area contributed by atoms with Gasteiger partial charge in [-0.25, -0.2) is 4.98 Å². The number of rotatable bonds is 11. The Morgan fingerprint density at radius 3 is 2.43 bits per heavy atom. The molecule has 0 aliphatic heterocycles. The second kappa shape index (κ2) is 11.3. The maximum Gasteiger partial charge on any atom is 0.372 e. The van der Waals surface area contributed by atoms with Gasteiger partial charge in [-0.15, -0.1) is 11.3 Å². The summed E-state index contributed by atoms with van der Waals surface area (Å²) in [4.78, 5) is 4.66. The van der Waals surface area contributed by atoms with Crippen LogP contribution in [0.2, 0.25) is 6.04 Å². The first-order valence-corrected chi connectivity index (χ1v) is 16.6. The van der Waals surface area contributed by atoms with Crippen LogP contribution in [0.15, 0.2) is 58.9 Å². The minimum absolute atomic E-state index is 0.511. The van der Waals surface area contributed by atoms with Gasteiger partial charge in [0.2, 0.25) is 0 Å². The number of aromatic nitrogens is 1. The van der Waals surface area contributed by atoms with Gasteiger partial charge in [0.25, 0.3) is 0 Å². The Balaban J connectivity index is 1.44. The van der Waals surface area contributed by atoms with Crippen molar-refractivity contribution in [1.82, 2.24) is 4.98 Å². The van der Waals surface area contributed by atoms with E-state index in [2.05, 4.69) is 54.4 Å². The van der Waals surface area contributed by atoms with Crippen LogP contribution < -0.4 is 5.19 Å². The fourth-order valence-corrected chi connectivity index (χ4v) is 13.7. The summed E-state index contributed by atoms with van der Waals surface area (Å²) in [5.41, 5.74) is 1.09. The largest absolute Gasteiger partial charge is 0.394 e. The minimum atomic E-state index is -2.37. The molecule has 0 saturated carbocycles. The molecule has 2 aromatic carbocycles. The zero-order chi connectivity index (χ0) is 19.8. The Hall–Kier alpha value is -0.133. The summed E-state index contributed by atoms with van der Waals surface area (Å²) in [6.45, 7) is 2.28. The Morgan fingerprint density at radius 1 is 1.00 bits per heavy atom. The molecule has 1 atom stereocenters. The van der Waals surface area contributed by atoms with Gasteiger partial charge in [-0.3, -0.25) is 0 Å². The van der Waals surface area contributed by atoms with Crippen molar-refractivity contribution in [2.24, 2.45) is 5.92 Å². The summed E-state index contributed by atoms with van der Waals surface area (Å²) < 4.78 is 14.2. The molecule has 0 aliphatic rings. The molecule has 0 saturated heterocycles. The first-order valence-electron chi connectivity index (χ1n) is 8.81. The fraction of sp³-hybridized carbons (Fsp3) is 0.316. The van der Waals surface area contributed by atoms with E-state index >= 15 is 0 Å². The van der Waals surface area contributed by atoms with E-state index in [1.807, 2.05) is 32.8 Å². The Morgan fingerprint density at radius 2 is 1.71 bits per heavy atom. The van der Waals surface area contributed by atoms with Crippen molar-refractivity contribution in [2.75, 3.05) is 20.0 Å². The van der Waals surface area contributed by atoms with Crippen LogP contribution in [0.5, 0.6) is 0 Å². The van der Waals surface area contributed by atoms with Crippen molar-refractivity contribution in [3.05, 3.63) is 54.6 Å². The number of benzene rings is 2. The molecule has 3 rings (SSSR count). The van der Waals surface area contributed by atoms with E-state index in [1.165, 1.54) is 9.89 Å². The summed E-state index contributed by atoms with van der Waals surface area (Å²) in [6.07, 6.45) is 0. The normalized spacial score (nSPS) is 13.1. The standard InChI is InChI=1S/C19H23NO2S5Si/c1-15(14-28(21-2,22-3)16-9-5-4-6-10-16)13-23-26-27-25-19-20-17-11-7-8-12-18(17)24-19/h4-12,15H,13-14H2,1-3H3. The Labute approximate surface area is 187 Å². The first kappa shape index (κ1) is 22.5. The average molecular weight is 486 g/mol. The van der Waals surface area contributed by atoms with Gasteiger partial charge in [-0.2, -0.15) is 0 Å². The summed E-state index contributed by atoms with van der Waals surface area (Å²) in [6, 6.07) is 19.6. The molecule has 3 nitrogen and oxygen atoms in total. The molecule has 0 fully saturated rings. The molecule has 0 amide bonds. The van der Waals surface area contributed by atoms with E-state index in [1.54, 1.807) is 46.2 Å². The van der Waals surface area contributed by atoms with E-state index in [-0.39, 0.29) is 0 Å². The summed E-state index contributed by atoms with van der Waals surface area (Å²) in [7, 11) is 8.43.